The Labute approximate surface area is 154 Å². The molecule has 0 radical (unpaired) electrons. The molecule has 25 heavy (non-hydrogen) atoms. The van der Waals surface area contributed by atoms with E-state index in [4.69, 9.17) is 5.26 Å². The van der Waals surface area contributed by atoms with Crippen LogP contribution in [-0.4, -0.2) is 8.42 Å². The number of hydrogen-bond acceptors (Lipinski definition) is 4. The number of nitriles is 1. The fourth-order valence-electron chi connectivity index (χ4n) is 2.97. The molecule has 0 aliphatic heterocycles. The first-order valence-electron chi connectivity index (χ1n) is 7.86. The van der Waals surface area contributed by atoms with Crippen LogP contribution in [-0.2, 0) is 10.0 Å². The van der Waals surface area contributed by atoms with E-state index in [2.05, 4.69) is 4.72 Å². The maximum absolute atomic E-state index is 13.1. The summed E-state index contributed by atoms with van der Waals surface area (Å²) in [6, 6.07) is 5.65. The number of rotatable bonds is 4. The zero-order valence-electron chi connectivity index (χ0n) is 15.3. The van der Waals surface area contributed by atoms with Crippen LogP contribution in [0.25, 0.3) is 0 Å². The summed E-state index contributed by atoms with van der Waals surface area (Å²) in [5, 5.41) is 10.9. The van der Waals surface area contributed by atoms with E-state index in [0.717, 1.165) is 50.0 Å². The molecule has 0 saturated heterocycles. The molecule has 0 amide bonds. The van der Waals surface area contributed by atoms with E-state index in [1.165, 1.54) is 0 Å². The smallest absolute Gasteiger partial charge is 0.262 e. The molecule has 1 N–H and O–H groups in total. The van der Waals surface area contributed by atoms with Crippen LogP contribution < -0.4 is 4.72 Å². The highest BCUT2D eigenvalue weighted by molar-refractivity contribution is 8.03. The minimum Gasteiger partial charge on any atom is -0.279 e. The van der Waals surface area contributed by atoms with E-state index in [1.807, 2.05) is 65.1 Å². The van der Waals surface area contributed by atoms with Crippen LogP contribution in [0.1, 0.15) is 33.4 Å². The number of aryl methyl sites for hydroxylation is 4. The number of nitrogens with zero attached hydrogens (tertiary/aromatic N) is 1. The molecule has 0 aliphatic carbocycles. The molecule has 0 unspecified atom stereocenters. The Bertz CT molecular complexity index is 938. The summed E-state index contributed by atoms with van der Waals surface area (Å²) in [5.74, 6) is 0. The van der Waals surface area contributed by atoms with Crippen molar-refractivity contribution in [2.45, 2.75) is 51.3 Å². The fraction of sp³-hybridized carbons (Fsp3) is 0.316. The van der Waals surface area contributed by atoms with E-state index < -0.39 is 10.0 Å². The summed E-state index contributed by atoms with van der Waals surface area (Å²) in [6.07, 6.45) is 0. The maximum atomic E-state index is 13.1. The topological polar surface area (TPSA) is 70.0 Å². The van der Waals surface area contributed by atoms with Gasteiger partial charge in [0.05, 0.1) is 10.6 Å². The van der Waals surface area contributed by atoms with Gasteiger partial charge in [-0.25, -0.2) is 8.42 Å². The van der Waals surface area contributed by atoms with E-state index in [-0.39, 0.29) is 0 Å². The van der Waals surface area contributed by atoms with Gasteiger partial charge < -0.3 is 0 Å². The van der Waals surface area contributed by atoms with E-state index in [1.54, 1.807) is 0 Å². The monoisotopic (exact) mass is 374 g/mol. The summed E-state index contributed by atoms with van der Waals surface area (Å²) < 4.78 is 28.9. The quantitative estimate of drug-likeness (QED) is 0.610. The van der Waals surface area contributed by atoms with Crippen molar-refractivity contribution >= 4 is 27.5 Å². The first kappa shape index (κ1) is 19.4. The van der Waals surface area contributed by atoms with Crippen LogP contribution in [0.5, 0.6) is 0 Å². The van der Waals surface area contributed by atoms with Crippen molar-refractivity contribution in [3.05, 3.63) is 51.6 Å². The molecule has 0 saturated carbocycles. The van der Waals surface area contributed by atoms with Gasteiger partial charge in [-0.2, -0.15) is 5.26 Å². The van der Waals surface area contributed by atoms with Crippen LogP contribution in [0, 0.1) is 52.2 Å². The molecule has 0 aromatic heterocycles. The third-order valence-electron chi connectivity index (χ3n) is 4.47. The first-order chi connectivity index (χ1) is 11.6. The molecule has 0 aliphatic rings. The van der Waals surface area contributed by atoms with E-state index >= 15 is 0 Å². The van der Waals surface area contributed by atoms with Crippen molar-refractivity contribution in [2.75, 3.05) is 4.72 Å². The highest BCUT2D eigenvalue weighted by Crippen LogP contribution is 2.32. The molecule has 4 nitrogen and oxygen atoms in total. The normalized spacial score (nSPS) is 11.2. The molecule has 2 rings (SSSR count). The van der Waals surface area contributed by atoms with Crippen molar-refractivity contribution in [2.24, 2.45) is 0 Å². The van der Waals surface area contributed by atoms with Crippen LogP contribution in [0.3, 0.4) is 0 Å². The van der Waals surface area contributed by atoms with Crippen molar-refractivity contribution in [3.8, 4) is 5.40 Å². The van der Waals surface area contributed by atoms with Crippen LogP contribution in [0.15, 0.2) is 28.0 Å². The van der Waals surface area contributed by atoms with Gasteiger partial charge in [-0.05, 0) is 98.8 Å². The third-order valence-corrected chi connectivity index (χ3v) is 6.66. The number of benzene rings is 2. The van der Waals surface area contributed by atoms with E-state index in [9.17, 15) is 8.42 Å². The van der Waals surface area contributed by atoms with Gasteiger partial charge in [-0.15, -0.1) is 0 Å². The summed E-state index contributed by atoms with van der Waals surface area (Å²) >= 11 is 1.06. The first-order valence-corrected chi connectivity index (χ1v) is 10.2. The number of anilines is 1. The second-order valence-electron chi connectivity index (χ2n) is 6.32. The van der Waals surface area contributed by atoms with Crippen molar-refractivity contribution in [1.29, 1.82) is 5.26 Å². The summed E-state index contributed by atoms with van der Waals surface area (Å²) in [7, 11) is -3.71. The Balaban J connectivity index is 2.57. The minimum absolute atomic E-state index is 0.347. The van der Waals surface area contributed by atoms with Crippen LogP contribution in [0.4, 0.5) is 5.69 Å². The van der Waals surface area contributed by atoms with Gasteiger partial charge in [-0.1, -0.05) is 6.07 Å². The second kappa shape index (κ2) is 7.11. The molecule has 2 aromatic carbocycles. The Kier molecular flexibility index (Phi) is 5.50. The van der Waals surface area contributed by atoms with Gasteiger partial charge >= 0.3 is 0 Å². The lowest BCUT2D eigenvalue weighted by atomic mass is 10.0. The Morgan fingerprint density at radius 3 is 1.80 bits per heavy atom. The zero-order valence-corrected chi connectivity index (χ0v) is 16.9. The average Bonchev–Trinajstić information content (AvgIpc) is 2.49. The lowest BCUT2D eigenvalue weighted by Crippen LogP contribution is -2.18. The molecule has 0 fully saturated rings. The number of sulfonamides is 1. The van der Waals surface area contributed by atoms with Crippen LogP contribution in [0.2, 0.25) is 0 Å². The number of nitrogens with one attached hydrogen (secondary N) is 1. The van der Waals surface area contributed by atoms with Gasteiger partial charge in [0.2, 0.25) is 0 Å². The Morgan fingerprint density at radius 2 is 1.36 bits per heavy atom. The van der Waals surface area contributed by atoms with Gasteiger partial charge in [0, 0.05) is 4.90 Å². The predicted molar refractivity (Wildman–Crippen MR) is 104 cm³/mol. The standard InChI is InChI=1S/C19H22N2O2S2/c1-11-7-12(2)16(6)19(15(11)5)25(22,23)21-18-13(3)8-17(24-10-20)9-14(18)4/h7-9,21H,1-6H3. The number of thiocyanates is 1. The number of hydrogen-bond donors (Lipinski definition) is 1. The Hall–Kier alpha value is -1.97. The summed E-state index contributed by atoms with van der Waals surface area (Å²) in [6.45, 7) is 11.2. The molecule has 2 aromatic rings. The van der Waals surface area contributed by atoms with Gasteiger partial charge in [0.15, 0.2) is 0 Å². The highest BCUT2D eigenvalue weighted by Gasteiger charge is 2.23. The van der Waals surface area contributed by atoms with Gasteiger partial charge in [0.25, 0.3) is 10.0 Å². The molecule has 0 spiro atoms. The van der Waals surface area contributed by atoms with E-state index in [0.29, 0.717) is 10.6 Å². The lowest BCUT2D eigenvalue weighted by Gasteiger charge is -2.19. The van der Waals surface area contributed by atoms with Gasteiger partial charge in [0.1, 0.15) is 5.40 Å². The third kappa shape index (κ3) is 3.83. The summed E-state index contributed by atoms with van der Waals surface area (Å²) in [5.41, 5.74) is 5.60. The summed E-state index contributed by atoms with van der Waals surface area (Å²) in [4.78, 5) is 1.15. The second-order valence-corrected chi connectivity index (χ2v) is 8.80. The molecule has 6 heteroatoms. The SMILES string of the molecule is Cc1cc(C)c(C)c(S(=O)(=O)Nc2c(C)cc(SC#N)cc2C)c1C. The molecule has 132 valence electrons. The molecule has 0 bridgehead atoms. The fourth-order valence-corrected chi connectivity index (χ4v) is 5.36. The average molecular weight is 375 g/mol. The molecule has 0 atom stereocenters. The van der Waals surface area contributed by atoms with Crippen molar-refractivity contribution in [3.63, 3.8) is 0 Å². The van der Waals surface area contributed by atoms with Crippen molar-refractivity contribution in [1.82, 2.24) is 0 Å². The molecular weight excluding hydrogens is 352 g/mol. The highest BCUT2D eigenvalue weighted by atomic mass is 32.2. The molecular formula is C19H22N2O2S2. The number of thioether (sulfide) groups is 1. The largest absolute Gasteiger partial charge is 0.279 e. The molecule has 0 heterocycles. The zero-order chi connectivity index (χ0) is 18.9. The Morgan fingerprint density at radius 1 is 0.880 bits per heavy atom. The lowest BCUT2D eigenvalue weighted by molar-refractivity contribution is 0.599. The van der Waals surface area contributed by atoms with Crippen molar-refractivity contribution < 1.29 is 8.42 Å². The van der Waals surface area contributed by atoms with Gasteiger partial charge in [-0.3, -0.25) is 4.72 Å². The minimum atomic E-state index is -3.71. The van der Waals surface area contributed by atoms with Crippen LogP contribution >= 0.6 is 11.8 Å². The maximum Gasteiger partial charge on any atom is 0.262 e. The predicted octanol–water partition coefficient (Wildman–Crippen LogP) is 4.91.